The number of nitrogens with one attached hydrogen (secondary N) is 2. The molecule has 2 amide bonds. The SMILES string of the molecule is O=C(CSc1ccc([N+](=O)[O-])cc1)NNC(=O)c1ccccc1Cl. The average molecular weight is 366 g/mol. The van der Waals surface area contributed by atoms with Crippen LogP contribution in [0, 0.1) is 10.1 Å². The molecule has 0 aliphatic heterocycles. The second-order valence-electron chi connectivity index (χ2n) is 4.52. The third-order valence-electron chi connectivity index (χ3n) is 2.85. The van der Waals surface area contributed by atoms with Crippen LogP contribution in [0.3, 0.4) is 0 Å². The number of nitrogens with zero attached hydrogens (tertiary/aromatic N) is 1. The highest BCUT2D eigenvalue weighted by Crippen LogP contribution is 2.21. The third-order valence-corrected chi connectivity index (χ3v) is 4.19. The van der Waals surface area contributed by atoms with Crippen LogP contribution in [0.25, 0.3) is 0 Å². The predicted octanol–water partition coefficient (Wildman–Crippen LogP) is 2.80. The number of non-ortho nitro benzene ring substituents is 1. The normalized spacial score (nSPS) is 10.0. The minimum absolute atomic E-state index is 0.0178. The first-order valence-electron chi connectivity index (χ1n) is 6.68. The zero-order chi connectivity index (χ0) is 17.5. The number of carbonyl (C=O) groups is 2. The summed E-state index contributed by atoms with van der Waals surface area (Å²) in [7, 11) is 0. The molecule has 0 fully saturated rings. The van der Waals surface area contributed by atoms with Gasteiger partial charge in [-0.3, -0.25) is 30.6 Å². The highest BCUT2D eigenvalue weighted by molar-refractivity contribution is 8.00. The summed E-state index contributed by atoms with van der Waals surface area (Å²) in [4.78, 5) is 34.3. The second-order valence-corrected chi connectivity index (χ2v) is 5.98. The number of thioether (sulfide) groups is 1. The lowest BCUT2D eigenvalue weighted by Gasteiger charge is -2.08. The number of halogens is 1. The van der Waals surface area contributed by atoms with Crippen molar-refractivity contribution in [2.45, 2.75) is 4.90 Å². The summed E-state index contributed by atoms with van der Waals surface area (Å²) in [6, 6.07) is 12.3. The number of hydrogen-bond donors (Lipinski definition) is 2. The van der Waals surface area contributed by atoms with Crippen LogP contribution in [0.5, 0.6) is 0 Å². The van der Waals surface area contributed by atoms with Gasteiger partial charge in [0.2, 0.25) is 5.91 Å². The molecule has 0 aliphatic rings. The van der Waals surface area contributed by atoms with Crippen molar-refractivity contribution in [2.75, 3.05) is 5.75 Å². The fourth-order valence-corrected chi connectivity index (χ4v) is 2.61. The van der Waals surface area contributed by atoms with E-state index in [2.05, 4.69) is 10.9 Å². The van der Waals surface area contributed by atoms with Gasteiger partial charge in [0, 0.05) is 17.0 Å². The molecular weight excluding hydrogens is 354 g/mol. The summed E-state index contributed by atoms with van der Waals surface area (Å²) in [5.41, 5.74) is 4.79. The Hall–Kier alpha value is -2.58. The Labute approximate surface area is 146 Å². The van der Waals surface area contributed by atoms with E-state index in [-0.39, 0.29) is 22.0 Å². The zero-order valence-electron chi connectivity index (χ0n) is 12.2. The van der Waals surface area contributed by atoms with Crippen molar-refractivity contribution in [2.24, 2.45) is 0 Å². The molecule has 0 unspecified atom stereocenters. The molecule has 0 aromatic heterocycles. The van der Waals surface area contributed by atoms with Gasteiger partial charge in [-0.2, -0.15) is 0 Å². The van der Waals surface area contributed by atoms with Gasteiger partial charge < -0.3 is 0 Å². The van der Waals surface area contributed by atoms with E-state index in [1.54, 1.807) is 30.3 Å². The van der Waals surface area contributed by atoms with E-state index in [4.69, 9.17) is 11.6 Å². The number of rotatable bonds is 5. The number of hydrogen-bond acceptors (Lipinski definition) is 5. The van der Waals surface area contributed by atoms with Gasteiger partial charge >= 0.3 is 0 Å². The maximum atomic E-state index is 11.9. The molecule has 7 nitrogen and oxygen atoms in total. The molecule has 2 rings (SSSR count). The van der Waals surface area contributed by atoms with Crippen molar-refractivity contribution >= 4 is 40.9 Å². The fraction of sp³-hybridized carbons (Fsp3) is 0.0667. The van der Waals surface area contributed by atoms with Crippen molar-refractivity contribution in [3.8, 4) is 0 Å². The number of nitro groups is 1. The van der Waals surface area contributed by atoms with E-state index < -0.39 is 16.7 Å². The highest BCUT2D eigenvalue weighted by Gasteiger charge is 2.11. The fourth-order valence-electron chi connectivity index (χ4n) is 1.69. The van der Waals surface area contributed by atoms with Crippen LogP contribution < -0.4 is 10.9 Å². The number of carbonyl (C=O) groups excluding carboxylic acids is 2. The quantitative estimate of drug-likeness (QED) is 0.482. The third kappa shape index (κ3) is 4.97. The molecular formula is C15H12ClN3O4S. The lowest BCUT2D eigenvalue weighted by molar-refractivity contribution is -0.384. The number of amides is 2. The van der Waals surface area contributed by atoms with Gasteiger partial charge in [-0.05, 0) is 24.3 Å². The minimum Gasteiger partial charge on any atom is -0.272 e. The largest absolute Gasteiger partial charge is 0.272 e. The molecule has 0 spiro atoms. The van der Waals surface area contributed by atoms with Crippen LogP contribution in [-0.2, 0) is 4.79 Å². The molecule has 2 aromatic carbocycles. The van der Waals surface area contributed by atoms with Crippen molar-refractivity contribution < 1.29 is 14.5 Å². The number of benzene rings is 2. The van der Waals surface area contributed by atoms with Gasteiger partial charge in [0.15, 0.2) is 0 Å². The topological polar surface area (TPSA) is 101 Å². The highest BCUT2D eigenvalue weighted by atomic mass is 35.5. The number of hydrazine groups is 1. The van der Waals surface area contributed by atoms with Crippen molar-refractivity contribution in [3.05, 3.63) is 69.2 Å². The van der Waals surface area contributed by atoms with Gasteiger partial charge in [0.1, 0.15) is 0 Å². The molecule has 0 saturated heterocycles. The predicted molar refractivity (Wildman–Crippen MR) is 90.9 cm³/mol. The second kappa shape index (κ2) is 8.32. The smallest absolute Gasteiger partial charge is 0.271 e. The molecule has 0 saturated carbocycles. The van der Waals surface area contributed by atoms with Crippen LogP contribution in [0.2, 0.25) is 5.02 Å². The molecule has 0 heterocycles. The monoisotopic (exact) mass is 365 g/mol. The zero-order valence-corrected chi connectivity index (χ0v) is 13.8. The maximum Gasteiger partial charge on any atom is 0.271 e. The van der Waals surface area contributed by atoms with Crippen LogP contribution >= 0.6 is 23.4 Å². The van der Waals surface area contributed by atoms with Gasteiger partial charge in [0.25, 0.3) is 11.6 Å². The standard InChI is InChI=1S/C15H12ClN3O4S/c16-13-4-2-1-3-12(13)15(21)18-17-14(20)9-24-11-7-5-10(6-8-11)19(22)23/h1-8H,9H2,(H,17,20)(H,18,21). The minimum atomic E-state index is -0.519. The Balaban J connectivity index is 1.80. The lowest BCUT2D eigenvalue weighted by Crippen LogP contribution is -2.42. The van der Waals surface area contributed by atoms with E-state index >= 15 is 0 Å². The summed E-state index contributed by atoms with van der Waals surface area (Å²) >= 11 is 7.07. The first kappa shape index (κ1) is 17.8. The maximum absolute atomic E-state index is 11.9. The van der Waals surface area contributed by atoms with Crippen LogP contribution in [-0.4, -0.2) is 22.5 Å². The Bertz CT molecular complexity index is 768. The molecule has 0 bridgehead atoms. The van der Waals surface area contributed by atoms with Gasteiger partial charge in [0.05, 0.1) is 21.3 Å². The van der Waals surface area contributed by atoms with Gasteiger partial charge in [-0.25, -0.2) is 0 Å². The first-order chi connectivity index (χ1) is 11.5. The van der Waals surface area contributed by atoms with E-state index in [0.29, 0.717) is 4.90 Å². The molecule has 24 heavy (non-hydrogen) atoms. The van der Waals surface area contributed by atoms with Crippen LogP contribution in [0.4, 0.5) is 5.69 Å². The number of nitro benzene ring substituents is 1. The lowest BCUT2D eigenvalue weighted by atomic mass is 10.2. The Kier molecular flexibility index (Phi) is 6.16. The van der Waals surface area contributed by atoms with Gasteiger partial charge in [-0.15, -0.1) is 11.8 Å². The van der Waals surface area contributed by atoms with Crippen LogP contribution in [0.15, 0.2) is 53.4 Å². The molecule has 2 N–H and O–H groups in total. The molecule has 0 aliphatic carbocycles. The summed E-state index contributed by atoms with van der Waals surface area (Å²) in [6.45, 7) is 0. The van der Waals surface area contributed by atoms with E-state index in [0.717, 1.165) is 0 Å². The molecule has 0 atom stereocenters. The summed E-state index contributed by atoms with van der Waals surface area (Å²) < 4.78 is 0. The van der Waals surface area contributed by atoms with Crippen molar-refractivity contribution in [1.29, 1.82) is 0 Å². The summed E-state index contributed by atoms with van der Waals surface area (Å²) in [5.74, 6) is -0.895. The molecule has 9 heteroatoms. The Morgan fingerprint density at radius 1 is 1.08 bits per heavy atom. The van der Waals surface area contributed by atoms with Crippen molar-refractivity contribution in [1.82, 2.24) is 10.9 Å². The Morgan fingerprint density at radius 2 is 1.75 bits per heavy atom. The first-order valence-corrected chi connectivity index (χ1v) is 8.04. The molecule has 2 aromatic rings. The Morgan fingerprint density at radius 3 is 2.38 bits per heavy atom. The molecule has 0 radical (unpaired) electrons. The van der Waals surface area contributed by atoms with E-state index in [1.807, 2.05) is 0 Å². The van der Waals surface area contributed by atoms with E-state index in [1.165, 1.54) is 30.0 Å². The van der Waals surface area contributed by atoms with E-state index in [9.17, 15) is 19.7 Å². The summed E-state index contributed by atoms with van der Waals surface area (Å²) in [6.07, 6.45) is 0. The van der Waals surface area contributed by atoms with Crippen molar-refractivity contribution in [3.63, 3.8) is 0 Å². The average Bonchev–Trinajstić information content (AvgIpc) is 2.58. The summed E-state index contributed by atoms with van der Waals surface area (Å²) in [5, 5.41) is 10.8. The molecule has 124 valence electrons. The van der Waals surface area contributed by atoms with Crippen LogP contribution in [0.1, 0.15) is 10.4 Å². The van der Waals surface area contributed by atoms with Gasteiger partial charge in [-0.1, -0.05) is 23.7 Å².